The van der Waals surface area contributed by atoms with Crippen LogP contribution in [0.25, 0.3) is 0 Å². The molecule has 0 bridgehead atoms. The number of H-pyrrole nitrogens is 1. The number of ether oxygens (including phenoxy) is 10. The Morgan fingerprint density at radius 3 is 1.23 bits per heavy atom. The highest BCUT2D eigenvalue weighted by Gasteiger charge is 2.37. The quantitative estimate of drug-likeness (QED) is 0.0234. The number of nitrogens with zero attached hydrogens (tertiary/aromatic N) is 1. The van der Waals surface area contributed by atoms with Crippen LogP contribution in [0.3, 0.4) is 0 Å². The number of hydrogen-bond donors (Lipinski definition) is 11. The van der Waals surface area contributed by atoms with Gasteiger partial charge in [-0.25, -0.2) is 14.6 Å². The van der Waals surface area contributed by atoms with Crippen molar-refractivity contribution < 1.29 is 145 Å². The van der Waals surface area contributed by atoms with E-state index in [0.717, 1.165) is 77.0 Å². The number of carbonyl (C=O) groups is 16. The average Bonchev–Trinajstić information content (AvgIpc) is 1.07. The predicted molar refractivity (Wildman–Crippen MR) is 512 cm³/mol. The molecule has 0 aliphatic rings. The molecule has 1 heterocycles. The number of imidazole rings is 1. The van der Waals surface area contributed by atoms with Crippen molar-refractivity contribution in [3.05, 3.63) is 77.9 Å². The maximum Gasteiger partial charge on any atom is 0.335 e. The number of aromatic carboxylic acids is 2. The van der Waals surface area contributed by atoms with Crippen molar-refractivity contribution in [2.24, 2.45) is 28.9 Å². The summed E-state index contributed by atoms with van der Waals surface area (Å²) in [5.41, 5.74) is 6.14. The number of ketones is 8. The molecular formula is C100H158N8O30. The van der Waals surface area contributed by atoms with Gasteiger partial charge in [-0.1, -0.05) is 91.9 Å². The van der Waals surface area contributed by atoms with E-state index in [4.69, 9.17) is 63.3 Å². The van der Waals surface area contributed by atoms with E-state index in [2.05, 4.69) is 36.6 Å². The van der Waals surface area contributed by atoms with Gasteiger partial charge in [-0.05, 0) is 146 Å². The molecule has 0 aliphatic heterocycles. The molecule has 0 fully saturated rings. The number of benzene rings is 2. The third-order valence-corrected chi connectivity index (χ3v) is 22.6. The van der Waals surface area contributed by atoms with Gasteiger partial charge in [0.25, 0.3) is 0 Å². The van der Waals surface area contributed by atoms with E-state index < -0.39 is 65.2 Å². The Labute approximate surface area is 812 Å². The molecule has 0 radical (unpaired) electrons. The van der Waals surface area contributed by atoms with Gasteiger partial charge in [0.15, 0.2) is 17.3 Å². The summed E-state index contributed by atoms with van der Waals surface area (Å²) in [7, 11) is 0. The SMILES string of the molecule is C.CC(=O)[C@H](CCCCNC(=O)COCCOCCNC(=O)COCCOCCCC(=O)CC[C@H](CC(=O)CCCCCCCCCCOc1ccc(C(=O)O)cc1)C(=O)O)CC(=O)[C@H](CCCCNC(=O)COCCOCCCC(=O)COCCOCCNC(=O)CC[C@H](CC(=O)CCCCCCCCOc1ccc(C(=O)O)cc1)C(=O)O)NC(C)C(=O)C(C)(C)CC(=O)[C@@H](N)Cc1cnc[nH]1. The molecule has 1 aromatic heterocycles. The molecule has 778 valence electrons. The largest absolute Gasteiger partial charge is 0.494 e. The minimum Gasteiger partial charge on any atom is -0.494 e. The van der Waals surface area contributed by atoms with Crippen LogP contribution in [0.4, 0.5) is 0 Å². The number of Topliss-reactive ketones (excluding diaryl/α,β-unsaturated/α-hetero) is 8. The van der Waals surface area contributed by atoms with Gasteiger partial charge in [-0.2, -0.15) is 0 Å². The van der Waals surface area contributed by atoms with Crippen LogP contribution in [0.2, 0.25) is 0 Å². The number of nitrogens with one attached hydrogen (secondary N) is 6. The highest BCUT2D eigenvalue weighted by Crippen LogP contribution is 2.28. The zero-order valence-electron chi connectivity index (χ0n) is 81.0. The van der Waals surface area contributed by atoms with Crippen LogP contribution < -0.4 is 41.8 Å². The molecule has 138 heavy (non-hydrogen) atoms. The van der Waals surface area contributed by atoms with Gasteiger partial charge in [0.05, 0.1) is 127 Å². The van der Waals surface area contributed by atoms with E-state index >= 15 is 0 Å². The number of unbranched alkanes of at least 4 members (excludes halogenated alkanes) is 14. The highest BCUT2D eigenvalue weighted by molar-refractivity contribution is 5.96. The molecule has 0 aliphatic carbocycles. The van der Waals surface area contributed by atoms with Crippen LogP contribution in [-0.4, -0.2) is 287 Å². The van der Waals surface area contributed by atoms with Crippen molar-refractivity contribution in [2.75, 3.05) is 145 Å². The molecule has 2 aromatic carbocycles. The van der Waals surface area contributed by atoms with Crippen LogP contribution in [0, 0.1) is 23.2 Å². The third kappa shape index (κ3) is 63.5. The second-order valence-electron chi connectivity index (χ2n) is 35.0. The Morgan fingerprint density at radius 2 is 0.790 bits per heavy atom. The molecule has 0 spiro atoms. The number of hydrogen-bond acceptors (Lipinski definition) is 29. The number of aromatic amines is 1. The smallest absolute Gasteiger partial charge is 0.335 e. The standard InChI is InChI=1S/C99H154N8O30.CH4/c1-72(94(119)99(3,4)65-89(114)86(100)64-79-66-101-71-106-79)107-87(30-18-20-44-103-92(117)68-133-58-54-129-48-24-29-83(112)67-132-57-55-130-51-45-104-90(115)42-36-78(98(126)127)62-82(111)27-16-12-8-10-14-22-50-137-85-40-34-75(35-41-85)96(122)123)88(113)63-76(73(2)108)25-17-19-43-102-91(116)69-135-60-56-131-52-46-105-93(118)70-134-59-53-128-47-23-28-80(109)37-31-77(97(124)125)61-81(110)26-15-11-7-5-6-9-13-21-49-136-84-38-32-74(33-39-84)95(120)121;/h32-35,38-41,66,71-72,76-78,86-87,107H,5-31,36-37,42-65,67-70,100H2,1-4H3,(H,101,106)(H,102,116)(H,103,117)(H,104,115)(H,105,118)(H,120,121)(H,122,123)(H,124,125)(H,126,127);1H4/t72?,76-,77-,78-,86+,87+;/m1./s1. The summed E-state index contributed by atoms with van der Waals surface area (Å²) in [4.78, 5) is 207. The maximum atomic E-state index is 14.2. The number of carboxylic acids is 4. The normalized spacial score (nSPS) is 12.6. The Kier molecular flexibility index (Phi) is 69.9. The Bertz CT molecular complexity index is 4000. The van der Waals surface area contributed by atoms with Gasteiger partial charge in [0.1, 0.15) is 66.8 Å². The number of carbonyl (C=O) groups excluding carboxylic acids is 12. The summed E-state index contributed by atoms with van der Waals surface area (Å²) in [6.45, 7) is 9.50. The van der Waals surface area contributed by atoms with Crippen molar-refractivity contribution >= 4 is 93.8 Å². The topological polar surface area (TPSA) is 561 Å². The summed E-state index contributed by atoms with van der Waals surface area (Å²) in [6.07, 6.45) is 19.9. The Morgan fingerprint density at radius 1 is 0.391 bits per heavy atom. The summed E-state index contributed by atoms with van der Waals surface area (Å²) >= 11 is 0. The van der Waals surface area contributed by atoms with Gasteiger partial charge >= 0.3 is 23.9 Å². The third-order valence-electron chi connectivity index (χ3n) is 22.6. The van der Waals surface area contributed by atoms with E-state index in [1.165, 1.54) is 37.5 Å². The molecule has 3 aromatic rings. The van der Waals surface area contributed by atoms with Gasteiger partial charge < -0.3 is 99.8 Å². The number of amides is 4. The van der Waals surface area contributed by atoms with E-state index in [0.29, 0.717) is 94.6 Å². The van der Waals surface area contributed by atoms with Gasteiger partial charge in [0.2, 0.25) is 23.6 Å². The van der Waals surface area contributed by atoms with E-state index in [9.17, 15) is 86.9 Å². The van der Waals surface area contributed by atoms with E-state index in [-0.39, 0.29) is 304 Å². The maximum absolute atomic E-state index is 14.2. The molecule has 38 nitrogen and oxygen atoms in total. The first-order valence-corrected chi connectivity index (χ1v) is 48.6. The minimum absolute atomic E-state index is 0. The van der Waals surface area contributed by atoms with Crippen molar-refractivity contribution in [3.63, 3.8) is 0 Å². The van der Waals surface area contributed by atoms with Crippen molar-refractivity contribution in [3.8, 4) is 11.5 Å². The number of rotatable bonds is 93. The van der Waals surface area contributed by atoms with Gasteiger partial charge in [-0.3, -0.25) is 72.4 Å². The Balaban J connectivity index is 0.0000644. The minimum atomic E-state index is -1.17. The molecule has 0 saturated carbocycles. The summed E-state index contributed by atoms with van der Waals surface area (Å²) < 4.78 is 55.1. The molecule has 6 atom stereocenters. The second-order valence-corrected chi connectivity index (χ2v) is 35.0. The summed E-state index contributed by atoms with van der Waals surface area (Å²) in [5, 5.41) is 51.6. The van der Waals surface area contributed by atoms with Crippen molar-refractivity contribution in [1.29, 1.82) is 0 Å². The first kappa shape index (κ1) is 124. The lowest BCUT2D eigenvalue weighted by Gasteiger charge is -2.30. The van der Waals surface area contributed by atoms with Crippen LogP contribution in [0.15, 0.2) is 61.1 Å². The lowest BCUT2D eigenvalue weighted by Crippen LogP contribution is -2.50. The molecular weight excluding hydrogens is 1790 g/mol. The van der Waals surface area contributed by atoms with Crippen LogP contribution >= 0.6 is 0 Å². The fourth-order valence-corrected chi connectivity index (χ4v) is 14.7. The molecule has 38 heteroatoms. The Hall–Kier alpha value is -10.0. The lowest BCUT2D eigenvalue weighted by atomic mass is 9.78. The number of nitrogens with two attached hydrogens (primary N) is 1. The fourth-order valence-electron chi connectivity index (χ4n) is 14.7. The zero-order valence-corrected chi connectivity index (χ0v) is 81.0. The van der Waals surface area contributed by atoms with Crippen LogP contribution in [0.5, 0.6) is 11.5 Å². The highest BCUT2D eigenvalue weighted by atomic mass is 16.5. The van der Waals surface area contributed by atoms with Crippen LogP contribution in [-0.2, 0) is 111 Å². The zero-order chi connectivity index (χ0) is 100. The first-order chi connectivity index (χ1) is 65.8. The first-order valence-electron chi connectivity index (χ1n) is 48.6. The number of carboxylic acid groups (broad SMARTS) is 4. The second kappa shape index (κ2) is 77.8. The molecule has 12 N–H and O–H groups in total. The van der Waals surface area contributed by atoms with Gasteiger partial charge in [-0.15, -0.1) is 0 Å². The predicted octanol–water partition coefficient (Wildman–Crippen LogP) is 10.3. The van der Waals surface area contributed by atoms with E-state index in [1.807, 2.05) is 0 Å². The summed E-state index contributed by atoms with van der Waals surface area (Å²) in [6, 6.07) is 9.89. The monoisotopic (exact) mass is 1950 g/mol. The lowest BCUT2D eigenvalue weighted by molar-refractivity contribution is -0.144. The number of aromatic nitrogens is 2. The molecule has 1 unspecified atom stereocenters. The van der Waals surface area contributed by atoms with Gasteiger partial charge in [0, 0.05) is 133 Å². The van der Waals surface area contributed by atoms with Crippen molar-refractivity contribution in [2.45, 2.75) is 278 Å². The fraction of sp³-hybridized carbons (Fsp3) is 0.690. The molecule has 3 rings (SSSR count). The molecule has 0 saturated heterocycles. The molecule has 4 amide bonds. The average molecular weight is 1950 g/mol. The van der Waals surface area contributed by atoms with E-state index in [1.54, 1.807) is 51.2 Å². The van der Waals surface area contributed by atoms with Crippen LogP contribution in [0.1, 0.15) is 280 Å². The number of aliphatic carboxylic acids is 2. The summed E-state index contributed by atoms with van der Waals surface area (Å²) in [5.74, 6) is -8.62. The van der Waals surface area contributed by atoms with Crippen molar-refractivity contribution in [1.82, 2.24) is 36.6 Å².